The van der Waals surface area contributed by atoms with Crippen LogP contribution in [0.5, 0.6) is 0 Å². The first kappa shape index (κ1) is 19.7. The summed E-state index contributed by atoms with van der Waals surface area (Å²) in [5.41, 5.74) is 0.344. The van der Waals surface area contributed by atoms with Gasteiger partial charge in [-0.1, -0.05) is 0 Å². The Labute approximate surface area is 171 Å². The lowest BCUT2D eigenvalue weighted by Crippen LogP contribution is -2.46. The van der Waals surface area contributed by atoms with E-state index in [4.69, 9.17) is 4.42 Å². The number of piperidine rings is 1. The molecule has 9 nitrogen and oxygen atoms in total. The molecule has 1 fully saturated rings. The van der Waals surface area contributed by atoms with Crippen molar-refractivity contribution in [3.05, 3.63) is 68.8 Å². The van der Waals surface area contributed by atoms with Gasteiger partial charge in [0, 0.05) is 31.2 Å². The zero-order valence-electron chi connectivity index (χ0n) is 16.5. The van der Waals surface area contributed by atoms with Crippen LogP contribution >= 0.6 is 0 Å². The Morgan fingerprint density at radius 2 is 1.93 bits per heavy atom. The van der Waals surface area contributed by atoms with Crippen LogP contribution in [-0.2, 0) is 6.54 Å². The molecule has 2 aromatic heterocycles. The normalized spacial score (nSPS) is 14.8. The van der Waals surface area contributed by atoms with Crippen molar-refractivity contribution in [3.63, 3.8) is 0 Å². The Balaban J connectivity index is 1.43. The Morgan fingerprint density at radius 3 is 2.60 bits per heavy atom. The summed E-state index contributed by atoms with van der Waals surface area (Å²) >= 11 is 0. The molecule has 0 bridgehead atoms. The van der Waals surface area contributed by atoms with Crippen molar-refractivity contribution in [2.24, 2.45) is 0 Å². The fourth-order valence-corrected chi connectivity index (χ4v) is 3.75. The number of carbonyl (C=O) groups is 2. The molecule has 3 heterocycles. The highest BCUT2D eigenvalue weighted by Gasteiger charge is 2.25. The third-order valence-electron chi connectivity index (χ3n) is 5.45. The van der Waals surface area contributed by atoms with E-state index in [1.165, 1.54) is 18.6 Å². The molecule has 0 saturated carbocycles. The second kappa shape index (κ2) is 8.02. The largest absolute Gasteiger partial charge is 0.472 e. The van der Waals surface area contributed by atoms with Crippen molar-refractivity contribution in [3.8, 4) is 0 Å². The fourth-order valence-electron chi connectivity index (χ4n) is 3.75. The van der Waals surface area contributed by atoms with Crippen LogP contribution in [0.15, 0.2) is 50.8 Å². The smallest absolute Gasteiger partial charge is 0.328 e. The van der Waals surface area contributed by atoms with E-state index < -0.39 is 5.69 Å². The van der Waals surface area contributed by atoms with E-state index in [-0.39, 0.29) is 30.0 Å². The fraction of sp³-hybridized carbons (Fsp3) is 0.333. The summed E-state index contributed by atoms with van der Waals surface area (Å²) < 4.78 is 6.07. The van der Waals surface area contributed by atoms with Gasteiger partial charge in [0.1, 0.15) is 6.26 Å². The Bertz CT molecular complexity index is 1200. The molecule has 4 rings (SSSR count). The van der Waals surface area contributed by atoms with Crippen LogP contribution in [0.25, 0.3) is 10.9 Å². The molecule has 3 aromatic rings. The zero-order chi connectivity index (χ0) is 21.3. The number of likely N-dealkylation sites (tertiary alicyclic amines) is 1. The highest BCUT2D eigenvalue weighted by atomic mass is 16.3. The van der Waals surface area contributed by atoms with Crippen molar-refractivity contribution in [2.75, 3.05) is 13.1 Å². The van der Waals surface area contributed by atoms with Crippen molar-refractivity contribution in [1.29, 1.82) is 0 Å². The number of carbonyl (C=O) groups excluding carboxylic acids is 2. The number of benzene rings is 1. The third-order valence-corrected chi connectivity index (χ3v) is 5.45. The molecule has 1 aliphatic heterocycles. The van der Waals surface area contributed by atoms with E-state index in [9.17, 15) is 19.2 Å². The van der Waals surface area contributed by atoms with Gasteiger partial charge in [-0.25, -0.2) is 4.79 Å². The van der Waals surface area contributed by atoms with E-state index in [1.54, 1.807) is 30.0 Å². The van der Waals surface area contributed by atoms with Crippen LogP contribution in [0.4, 0.5) is 0 Å². The van der Waals surface area contributed by atoms with E-state index in [0.29, 0.717) is 48.0 Å². The molecule has 2 N–H and O–H groups in total. The number of hydrogen-bond donors (Lipinski definition) is 2. The lowest BCUT2D eigenvalue weighted by atomic mass is 10.0. The third kappa shape index (κ3) is 3.66. The van der Waals surface area contributed by atoms with Gasteiger partial charge in [0.25, 0.3) is 17.4 Å². The zero-order valence-corrected chi connectivity index (χ0v) is 16.5. The van der Waals surface area contributed by atoms with Crippen molar-refractivity contribution >= 4 is 22.7 Å². The van der Waals surface area contributed by atoms with E-state index >= 15 is 0 Å². The minimum Gasteiger partial charge on any atom is -0.472 e. The molecule has 2 amide bonds. The topological polar surface area (TPSA) is 117 Å². The Kier molecular flexibility index (Phi) is 5.26. The molecule has 1 aromatic carbocycles. The van der Waals surface area contributed by atoms with Crippen LogP contribution < -0.4 is 16.6 Å². The molecular formula is C21H22N4O5. The quantitative estimate of drug-likeness (QED) is 0.673. The molecule has 0 spiro atoms. The van der Waals surface area contributed by atoms with Gasteiger partial charge in [0.2, 0.25) is 0 Å². The maximum atomic E-state index is 12.7. The van der Waals surface area contributed by atoms with Crippen molar-refractivity contribution < 1.29 is 14.0 Å². The van der Waals surface area contributed by atoms with Crippen molar-refractivity contribution in [1.82, 2.24) is 19.8 Å². The molecule has 156 valence electrons. The number of hydrogen-bond acceptors (Lipinski definition) is 5. The summed E-state index contributed by atoms with van der Waals surface area (Å²) in [5, 5.41) is 3.34. The van der Waals surface area contributed by atoms with Crippen LogP contribution in [0.1, 0.15) is 40.5 Å². The summed E-state index contributed by atoms with van der Waals surface area (Å²) in [5.74, 6) is -0.359. The van der Waals surface area contributed by atoms with Gasteiger partial charge in [-0.15, -0.1) is 0 Å². The SMILES string of the molecule is CCn1c(=O)[nH]c2cc(C(=O)NC3CCN(C(=O)c4ccoc4)CC3)ccc2c1=O. The highest BCUT2D eigenvalue weighted by molar-refractivity contribution is 5.98. The summed E-state index contributed by atoms with van der Waals surface area (Å²) in [6, 6.07) is 6.23. The minimum atomic E-state index is -0.498. The molecule has 0 radical (unpaired) electrons. The lowest BCUT2D eigenvalue weighted by molar-refractivity contribution is 0.0697. The average Bonchev–Trinajstić information content (AvgIpc) is 3.28. The van der Waals surface area contributed by atoms with Gasteiger partial charge >= 0.3 is 5.69 Å². The maximum absolute atomic E-state index is 12.7. The van der Waals surface area contributed by atoms with E-state index in [2.05, 4.69) is 10.3 Å². The van der Waals surface area contributed by atoms with Crippen LogP contribution in [0, 0.1) is 0 Å². The monoisotopic (exact) mass is 410 g/mol. The first-order chi connectivity index (χ1) is 14.5. The van der Waals surface area contributed by atoms with Gasteiger partial charge in [-0.3, -0.25) is 19.0 Å². The summed E-state index contributed by atoms with van der Waals surface area (Å²) in [4.78, 5) is 53.8. The second-order valence-electron chi connectivity index (χ2n) is 7.29. The number of aromatic amines is 1. The Morgan fingerprint density at radius 1 is 1.17 bits per heavy atom. The maximum Gasteiger partial charge on any atom is 0.328 e. The second-order valence-corrected chi connectivity index (χ2v) is 7.29. The summed E-state index contributed by atoms with van der Waals surface area (Å²) in [6.07, 6.45) is 4.17. The summed E-state index contributed by atoms with van der Waals surface area (Å²) in [7, 11) is 0. The molecule has 1 saturated heterocycles. The first-order valence-electron chi connectivity index (χ1n) is 9.87. The predicted molar refractivity (Wildman–Crippen MR) is 110 cm³/mol. The van der Waals surface area contributed by atoms with Gasteiger partial charge in [-0.2, -0.15) is 0 Å². The first-order valence-corrected chi connectivity index (χ1v) is 9.87. The number of rotatable bonds is 4. The van der Waals surface area contributed by atoms with Crippen LogP contribution in [0.2, 0.25) is 0 Å². The number of H-pyrrole nitrogens is 1. The van der Waals surface area contributed by atoms with E-state index in [0.717, 1.165) is 4.57 Å². The van der Waals surface area contributed by atoms with Gasteiger partial charge in [-0.05, 0) is 44.0 Å². The number of furan rings is 1. The van der Waals surface area contributed by atoms with Crippen LogP contribution in [-0.4, -0.2) is 45.4 Å². The number of fused-ring (bicyclic) bond motifs is 1. The van der Waals surface area contributed by atoms with E-state index in [1.807, 2.05) is 0 Å². The number of nitrogens with zero attached hydrogens (tertiary/aromatic N) is 2. The van der Waals surface area contributed by atoms with Crippen LogP contribution in [0.3, 0.4) is 0 Å². The molecule has 0 unspecified atom stereocenters. The molecule has 30 heavy (non-hydrogen) atoms. The standard InChI is InChI=1S/C21H22N4O5/c1-2-25-20(28)16-4-3-13(11-17(16)23-21(25)29)18(26)22-15-5-8-24(9-6-15)19(27)14-7-10-30-12-14/h3-4,7,10-12,15H,2,5-6,8-9H2,1H3,(H,22,26)(H,23,29). The van der Waals surface area contributed by atoms with Gasteiger partial charge in [0.15, 0.2) is 0 Å². The average molecular weight is 410 g/mol. The minimum absolute atomic E-state index is 0.0614. The van der Waals surface area contributed by atoms with Crippen molar-refractivity contribution in [2.45, 2.75) is 32.4 Å². The molecular weight excluding hydrogens is 388 g/mol. The van der Waals surface area contributed by atoms with Gasteiger partial charge in [0.05, 0.1) is 22.7 Å². The predicted octanol–water partition coefficient (Wildman–Crippen LogP) is 1.34. The summed E-state index contributed by atoms with van der Waals surface area (Å²) in [6.45, 7) is 3.07. The number of amides is 2. The molecule has 9 heteroatoms. The molecule has 0 atom stereocenters. The number of aromatic nitrogens is 2. The van der Waals surface area contributed by atoms with Gasteiger partial charge < -0.3 is 19.6 Å². The Hall–Kier alpha value is -3.62. The molecule has 0 aliphatic carbocycles. The number of nitrogens with one attached hydrogen (secondary N) is 2. The molecule has 1 aliphatic rings. The lowest BCUT2D eigenvalue weighted by Gasteiger charge is -2.32. The highest BCUT2D eigenvalue weighted by Crippen LogP contribution is 2.16.